The summed E-state index contributed by atoms with van der Waals surface area (Å²) in [5.41, 5.74) is -0.0427. The number of hydrogen-bond donors (Lipinski definition) is 4. The van der Waals surface area contributed by atoms with E-state index in [2.05, 4.69) is 29.8 Å². The van der Waals surface area contributed by atoms with Crippen LogP contribution in [0.5, 0.6) is 0 Å². The van der Waals surface area contributed by atoms with Crippen LogP contribution in [0.2, 0.25) is 0 Å². The predicted octanol–water partition coefficient (Wildman–Crippen LogP) is 6.23. The Bertz CT molecular complexity index is 1470. The van der Waals surface area contributed by atoms with Crippen molar-refractivity contribution in [2.45, 2.75) is 149 Å². The van der Waals surface area contributed by atoms with Crippen molar-refractivity contribution in [3.05, 3.63) is 48.0 Å². The normalized spacial score (nSPS) is 28.7. The number of carbonyl (C=O) groups is 5. The Morgan fingerprint density at radius 1 is 0.907 bits per heavy atom. The molecule has 3 aliphatic rings. The van der Waals surface area contributed by atoms with E-state index in [1.54, 1.807) is 4.90 Å². The fraction of sp³-hybridized carbons (Fsp3) is 0.698. The van der Waals surface area contributed by atoms with Crippen molar-refractivity contribution in [2.75, 3.05) is 13.1 Å². The van der Waals surface area contributed by atoms with Gasteiger partial charge in [-0.15, -0.1) is 0 Å². The second-order valence-electron chi connectivity index (χ2n) is 18.1. The lowest BCUT2D eigenvalue weighted by Gasteiger charge is -2.51. The molecule has 0 aliphatic carbocycles. The lowest BCUT2D eigenvalue weighted by atomic mass is 9.73. The van der Waals surface area contributed by atoms with E-state index in [-0.39, 0.29) is 66.0 Å². The van der Waals surface area contributed by atoms with Crippen LogP contribution >= 0.6 is 0 Å². The van der Waals surface area contributed by atoms with Crippen LogP contribution in [0.3, 0.4) is 0 Å². The zero-order valence-corrected chi connectivity index (χ0v) is 34.0. The lowest BCUT2D eigenvalue weighted by molar-refractivity contribution is -0.251. The van der Waals surface area contributed by atoms with Crippen molar-refractivity contribution in [3.63, 3.8) is 0 Å². The van der Waals surface area contributed by atoms with Gasteiger partial charge in [-0.1, -0.05) is 70.2 Å². The molecule has 0 aromatic heterocycles. The summed E-state index contributed by atoms with van der Waals surface area (Å²) in [5, 5.41) is 21.3. The third-order valence-corrected chi connectivity index (χ3v) is 11.6. The van der Waals surface area contributed by atoms with Gasteiger partial charge in [0.25, 0.3) is 0 Å². The minimum absolute atomic E-state index is 0.00806. The second-order valence-corrected chi connectivity index (χ2v) is 18.1. The Kier molecular flexibility index (Phi) is 15.1. The molecule has 3 aliphatic heterocycles. The van der Waals surface area contributed by atoms with Gasteiger partial charge in [-0.3, -0.25) is 19.2 Å². The molecular formula is C43H67N5O6. The first kappa shape index (κ1) is 43.2. The molecule has 3 heterocycles. The average Bonchev–Trinajstić information content (AvgIpc) is 3.58. The first-order valence-corrected chi connectivity index (χ1v) is 20.3. The van der Waals surface area contributed by atoms with Crippen LogP contribution in [-0.4, -0.2) is 86.9 Å². The van der Waals surface area contributed by atoms with Crippen LogP contribution in [0.25, 0.3) is 0 Å². The van der Waals surface area contributed by atoms with Crippen molar-refractivity contribution in [1.82, 2.24) is 25.9 Å². The summed E-state index contributed by atoms with van der Waals surface area (Å²) in [6, 6.07) is 7.71. The maximum Gasteiger partial charge on any atom is 0.315 e. The monoisotopic (exact) mass is 750 g/mol. The summed E-state index contributed by atoms with van der Waals surface area (Å²) in [4.78, 5) is 71.5. The lowest BCUT2D eigenvalue weighted by Crippen LogP contribution is -2.59. The molecule has 11 nitrogen and oxygen atoms in total. The van der Waals surface area contributed by atoms with E-state index in [0.717, 1.165) is 5.56 Å². The number of rotatable bonds is 8. The van der Waals surface area contributed by atoms with E-state index < -0.39 is 35.0 Å². The summed E-state index contributed by atoms with van der Waals surface area (Å²) >= 11 is 0. The van der Waals surface area contributed by atoms with Crippen LogP contribution in [0.1, 0.15) is 119 Å². The fourth-order valence-electron chi connectivity index (χ4n) is 9.00. The number of hydroxylamine groups is 2. The molecule has 5 atom stereocenters. The number of benzene rings is 1. The summed E-state index contributed by atoms with van der Waals surface area (Å²) in [7, 11) is 0. The van der Waals surface area contributed by atoms with E-state index in [9.17, 15) is 29.2 Å². The zero-order valence-electron chi connectivity index (χ0n) is 34.0. The van der Waals surface area contributed by atoms with Gasteiger partial charge in [-0.05, 0) is 102 Å². The Hall–Kier alpha value is -3.57. The number of ketones is 2. The van der Waals surface area contributed by atoms with E-state index in [4.69, 9.17) is 0 Å². The molecule has 1 aromatic carbocycles. The Morgan fingerprint density at radius 3 is 2.20 bits per heavy atom. The van der Waals surface area contributed by atoms with Gasteiger partial charge in [0.1, 0.15) is 0 Å². The molecule has 0 radical (unpaired) electrons. The highest BCUT2D eigenvalue weighted by Crippen LogP contribution is 2.41. The smallest absolute Gasteiger partial charge is 0.315 e. The van der Waals surface area contributed by atoms with Gasteiger partial charge >= 0.3 is 6.03 Å². The summed E-state index contributed by atoms with van der Waals surface area (Å²) in [6.07, 6.45) is 8.43. The largest absolute Gasteiger partial charge is 0.346 e. The Labute approximate surface area is 323 Å². The molecule has 4 rings (SSSR count). The molecule has 2 fully saturated rings. The van der Waals surface area contributed by atoms with Crippen molar-refractivity contribution >= 4 is 29.4 Å². The van der Waals surface area contributed by atoms with Crippen molar-refractivity contribution in [1.29, 1.82) is 0 Å². The van der Waals surface area contributed by atoms with E-state index in [1.807, 2.05) is 84.0 Å². The minimum Gasteiger partial charge on any atom is -0.346 e. The Balaban J connectivity index is 1.62. The molecule has 54 heavy (non-hydrogen) atoms. The van der Waals surface area contributed by atoms with Gasteiger partial charge in [0.05, 0.1) is 18.0 Å². The first-order valence-electron chi connectivity index (χ1n) is 20.3. The number of Topliss-reactive ketones (excluding diaryl/α,β-unsaturated/α-hetero) is 2. The van der Waals surface area contributed by atoms with Gasteiger partial charge < -0.3 is 26.1 Å². The van der Waals surface area contributed by atoms with Crippen LogP contribution in [0, 0.1) is 29.6 Å². The molecule has 0 bridgehead atoms. The number of carbonyl (C=O) groups excluding carboxylic acids is 5. The van der Waals surface area contributed by atoms with Crippen LogP contribution in [0.15, 0.2) is 42.5 Å². The number of amides is 4. The minimum atomic E-state index is -0.792. The van der Waals surface area contributed by atoms with Gasteiger partial charge in [0, 0.05) is 49.0 Å². The third-order valence-electron chi connectivity index (χ3n) is 11.6. The summed E-state index contributed by atoms with van der Waals surface area (Å²) < 4.78 is 0. The van der Waals surface area contributed by atoms with E-state index in [0.29, 0.717) is 64.5 Å². The standard InChI is InChI=1S/C43H67N5O6/c1-28(2)22-33-19-18-32(23-30-14-10-9-11-15-30)40(52)47-21-13-17-36(47)38(50)25-34(29(3)4)39(51)46-35(16-12-20-44-41(53)45-33)37(49)24-31-26-42(5,6)48(54)43(7,8)27-31/h9-11,14-15,18-19,28-29,31-36,54H,12-13,16-17,20-27H2,1-8H3,(H,46,51)(H2,44,45,53)/b19-18+/t32-,33+,34?,35+,36+/m1/s1. The number of urea groups is 1. The topological polar surface area (TPSA) is 148 Å². The summed E-state index contributed by atoms with van der Waals surface area (Å²) in [6.45, 7) is 16.6. The molecule has 0 spiro atoms. The molecule has 4 amide bonds. The van der Waals surface area contributed by atoms with Gasteiger partial charge in [-0.25, -0.2) is 4.79 Å². The van der Waals surface area contributed by atoms with Gasteiger partial charge in [0.2, 0.25) is 11.8 Å². The molecule has 11 heteroatoms. The highest BCUT2D eigenvalue weighted by atomic mass is 16.5. The van der Waals surface area contributed by atoms with E-state index >= 15 is 0 Å². The van der Waals surface area contributed by atoms with Crippen LogP contribution < -0.4 is 16.0 Å². The first-order chi connectivity index (χ1) is 25.4. The number of fused-ring (bicyclic) bond motifs is 1. The maximum absolute atomic E-state index is 14.4. The summed E-state index contributed by atoms with van der Waals surface area (Å²) in [5.74, 6) is -1.82. The zero-order chi connectivity index (χ0) is 39.8. The van der Waals surface area contributed by atoms with Crippen molar-refractivity contribution in [3.8, 4) is 0 Å². The number of nitrogens with one attached hydrogen (secondary N) is 3. The molecule has 4 N–H and O–H groups in total. The second kappa shape index (κ2) is 18.8. The number of piperidine rings is 1. The average molecular weight is 750 g/mol. The molecule has 1 aromatic rings. The number of hydrogen-bond acceptors (Lipinski definition) is 7. The molecular weight excluding hydrogens is 683 g/mol. The predicted molar refractivity (Wildman–Crippen MR) is 211 cm³/mol. The highest BCUT2D eigenvalue weighted by molar-refractivity contribution is 5.95. The SMILES string of the molecule is CC(C)C[C@@H]1/C=C/[C@H](Cc2ccccc2)C(=O)N2CCC[C@H]2C(=O)CC(C(C)C)C(=O)N[C@H](C(=O)CC2CC(C)(C)N(O)C(C)(C)C2)CCCNC(=O)N1. The van der Waals surface area contributed by atoms with Gasteiger partial charge in [-0.2, -0.15) is 5.06 Å². The van der Waals surface area contributed by atoms with Gasteiger partial charge in [0.15, 0.2) is 11.6 Å². The molecule has 300 valence electrons. The highest BCUT2D eigenvalue weighted by Gasteiger charge is 2.46. The van der Waals surface area contributed by atoms with E-state index in [1.165, 1.54) is 5.06 Å². The van der Waals surface area contributed by atoms with Crippen molar-refractivity contribution in [2.24, 2.45) is 29.6 Å². The van der Waals surface area contributed by atoms with Crippen molar-refractivity contribution < 1.29 is 29.2 Å². The fourth-order valence-corrected chi connectivity index (χ4v) is 9.00. The molecule has 1 unspecified atom stereocenters. The quantitative estimate of drug-likeness (QED) is 0.230. The number of nitrogens with zero attached hydrogens (tertiary/aromatic N) is 2. The maximum atomic E-state index is 14.4. The van der Waals surface area contributed by atoms with Crippen LogP contribution in [-0.2, 0) is 25.6 Å². The molecule has 0 saturated carbocycles. The van der Waals surface area contributed by atoms with Crippen LogP contribution in [0.4, 0.5) is 4.79 Å². The molecule has 2 saturated heterocycles. The Morgan fingerprint density at radius 2 is 1.57 bits per heavy atom. The third kappa shape index (κ3) is 11.7.